The molecule has 2 spiro atoms. The predicted molar refractivity (Wildman–Crippen MR) is 150 cm³/mol. The van der Waals surface area contributed by atoms with Crippen molar-refractivity contribution in [1.82, 2.24) is 5.32 Å². The molecule has 2 fully saturated rings. The molecular formula is C32H33N3O5. The average Bonchev–Trinajstić information content (AvgIpc) is 3.58. The number of rotatable bonds is 9. The van der Waals surface area contributed by atoms with E-state index in [1.807, 2.05) is 53.4 Å². The smallest absolute Gasteiger partial charge is 0.335 e. The maximum Gasteiger partial charge on any atom is 0.335 e. The van der Waals surface area contributed by atoms with Crippen LogP contribution < -0.4 is 15.1 Å². The second-order valence-electron chi connectivity index (χ2n) is 11.2. The van der Waals surface area contributed by atoms with Crippen LogP contribution in [-0.2, 0) is 35.1 Å². The molecule has 6 rings (SSSR count). The summed E-state index contributed by atoms with van der Waals surface area (Å²) in [7, 11) is 0. The lowest BCUT2D eigenvalue weighted by Gasteiger charge is -2.23. The summed E-state index contributed by atoms with van der Waals surface area (Å²) in [5.41, 5.74) is 1.77. The van der Waals surface area contributed by atoms with E-state index in [9.17, 15) is 19.2 Å². The highest BCUT2D eigenvalue weighted by molar-refractivity contribution is 6.14. The van der Waals surface area contributed by atoms with Gasteiger partial charge in [-0.25, -0.2) is 4.79 Å². The Bertz CT molecular complexity index is 1320. The summed E-state index contributed by atoms with van der Waals surface area (Å²) in [4.78, 5) is 54.7. The van der Waals surface area contributed by atoms with Crippen molar-refractivity contribution in [3.05, 3.63) is 84.0 Å². The van der Waals surface area contributed by atoms with Crippen LogP contribution in [-0.4, -0.2) is 36.8 Å². The zero-order chi connectivity index (χ0) is 28.1. The number of anilines is 2. The van der Waals surface area contributed by atoms with E-state index >= 15 is 0 Å². The van der Waals surface area contributed by atoms with Gasteiger partial charge in [0.15, 0.2) is 5.54 Å². The first-order valence-corrected chi connectivity index (χ1v) is 14.0. The van der Waals surface area contributed by atoms with Gasteiger partial charge in [-0.15, -0.1) is 0 Å². The maximum atomic E-state index is 13.5. The van der Waals surface area contributed by atoms with Crippen LogP contribution in [0.4, 0.5) is 11.4 Å². The van der Waals surface area contributed by atoms with Crippen LogP contribution in [0.2, 0.25) is 0 Å². The number of hydrogen-bond acceptors (Lipinski definition) is 5. The van der Waals surface area contributed by atoms with Gasteiger partial charge in [0, 0.05) is 53.9 Å². The Morgan fingerprint density at radius 2 is 1.25 bits per heavy atom. The number of unbranched alkanes of at least 4 members (excludes halogenated alkanes) is 5. The fraction of sp³-hybridized carbons (Fsp3) is 0.375. The zero-order valence-electron chi connectivity index (χ0n) is 22.5. The van der Waals surface area contributed by atoms with Crippen molar-refractivity contribution in [1.29, 1.82) is 0 Å². The van der Waals surface area contributed by atoms with E-state index in [-0.39, 0.29) is 24.1 Å². The minimum atomic E-state index is -1.26. The highest BCUT2D eigenvalue weighted by atomic mass is 16.6. The molecule has 8 heteroatoms. The molecule has 2 unspecified atom stereocenters. The molecule has 0 radical (unpaired) electrons. The summed E-state index contributed by atoms with van der Waals surface area (Å²) in [6.45, 7) is 8.78. The van der Waals surface area contributed by atoms with Crippen molar-refractivity contribution >= 4 is 35.1 Å². The molecular weight excluding hydrogens is 506 g/mol. The van der Waals surface area contributed by atoms with Gasteiger partial charge >= 0.3 is 5.97 Å². The number of carbonyl (C=O) groups is 4. The normalized spacial score (nSPS) is 24.9. The number of hydrogen-bond donors (Lipinski definition) is 1. The molecule has 40 heavy (non-hydrogen) atoms. The zero-order valence-corrected chi connectivity index (χ0v) is 22.5. The number of fused-ring (bicyclic) bond motifs is 4. The first-order chi connectivity index (χ1) is 19.3. The summed E-state index contributed by atoms with van der Waals surface area (Å²) >= 11 is 0. The molecule has 2 saturated heterocycles. The molecule has 2 atom stereocenters. The van der Waals surface area contributed by atoms with Crippen LogP contribution in [0.3, 0.4) is 0 Å². The van der Waals surface area contributed by atoms with E-state index in [1.54, 1.807) is 4.90 Å². The van der Waals surface area contributed by atoms with Gasteiger partial charge in [0.2, 0.25) is 11.5 Å². The Hall–Kier alpha value is -4.20. The van der Waals surface area contributed by atoms with Crippen LogP contribution in [0, 0.1) is 0 Å². The number of esters is 1. The molecule has 2 aromatic carbocycles. The predicted octanol–water partition coefficient (Wildman–Crippen LogP) is 4.39. The van der Waals surface area contributed by atoms with Crippen molar-refractivity contribution in [3.63, 3.8) is 0 Å². The molecule has 1 N–H and O–H groups in total. The largest absolute Gasteiger partial charge is 0.440 e. The lowest BCUT2D eigenvalue weighted by Crippen LogP contribution is -2.48. The lowest BCUT2D eigenvalue weighted by atomic mass is 9.89. The number of ether oxygens (including phenoxy) is 1. The number of amides is 3. The summed E-state index contributed by atoms with van der Waals surface area (Å²) in [5, 5.41) is 2.91. The first kappa shape index (κ1) is 26.0. The van der Waals surface area contributed by atoms with E-state index in [0.717, 1.165) is 61.0 Å². The summed E-state index contributed by atoms with van der Waals surface area (Å²) < 4.78 is 5.59. The van der Waals surface area contributed by atoms with E-state index in [4.69, 9.17) is 4.74 Å². The van der Waals surface area contributed by atoms with Crippen molar-refractivity contribution in [2.24, 2.45) is 0 Å². The lowest BCUT2D eigenvalue weighted by molar-refractivity contribution is -0.156. The molecule has 4 heterocycles. The third-order valence-corrected chi connectivity index (χ3v) is 8.64. The first-order valence-electron chi connectivity index (χ1n) is 14.0. The van der Waals surface area contributed by atoms with Crippen molar-refractivity contribution < 1.29 is 23.9 Å². The maximum absolute atomic E-state index is 13.5. The number of carbonyl (C=O) groups excluding carboxylic acids is 4. The van der Waals surface area contributed by atoms with Crippen molar-refractivity contribution in [3.8, 4) is 0 Å². The third kappa shape index (κ3) is 3.88. The van der Waals surface area contributed by atoms with Crippen molar-refractivity contribution in [2.45, 2.75) is 62.5 Å². The third-order valence-electron chi connectivity index (χ3n) is 8.64. The molecule has 3 amide bonds. The summed E-state index contributed by atoms with van der Waals surface area (Å²) in [6, 6.07) is 15.2. The Kier molecular flexibility index (Phi) is 6.36. The van der Waals surface area contributed by atoms with Crippen LogP contribution in [0.25, 0.3) is 0 Å². The number of nitrogens with one attached hydrogen (secondary N) is 1. The molecule has 8 nitrogen and oxygen atoms in total. The molecule has 0 bridgehead atoms. The van der Waals surface area contributed by atoms with E-state index < -0.39 is 17.1 Å². The van der Waals surface area contributed by atoms with Gasteiger partial charge in [-0.1, -0.05) is 75.2 Å². The van der Waals surface area contributed by atoms with Crippen LogP contribution in [0.5, 0.6) is 0 Å². The van der Waals surface area contributed by atoms with Gasteiger partial charge < -0.3 is 19.9 Å². The fourth-order valence-electron chi connectivity index (χ4n) is 6.64. The van der Waals surface area contributed by atoms with Crippen LogP contribution >= 0.6 is 0 Å². The Morgan fingerprint density at radius 1 is 0.700 bits per heavy atom. The van der Waals surface area contributed by atoms with Crippen molar-refractivity contribution in [2.75, 3.05) is 22.9 Å². The topological polar surface area (TPSA) is 96.0 Å². The average molecular weight is 540 g/mol. The molecule has 0 saturated carbocycles. The van der Waals surface area contributed by atoms with E-state index in [2.05, 4.69) is 18.5 Å². The van der Waals surface area contributed by atoms with Gasteiger partial charge in [-0.2, -0.15) is 0 Å². The fourth-order valence-corrected chi connectivity index (χ4v) is 6.64. The Labute approximate surface area is 233 Å². The Balaban J connectivity index is 0.981. The summed E-state index contributed by atoms with van der Waals surface area (Å²) in [5.74, 6) is -1.02. The van der Waals surface area contributed by atoms with Gasteiger partial charge in [0.25, 0.3) is 11.8 Å². The van der Waals surface area contributed by atoms with Gasteiger partial charge in [-0.05, 0) is 25.0 Å². The minimum Gasteiger partial charge on any atom is -0.440 e. The van der Waals surface area contributed by atoms with E-state index in [0.29, 0.717) is 30.7 Å². The molecule has 0 aliphatic carbocycles. The number of benzene rings is 2. The van der Waals surface area contributed by atoms with E-state index in [1.165, 1.54) is 0 Å². The molecule has 4 aliphatic rings. The molecule has 2 aromatic rings. The highest BCUT2D eigenvalue weighted by Gasteiger charge is 2.58. The highest BCUT2D eigenvalue weighted by Crippen LogP contribution is 2.50. The van der Waals surface area contributed by atoms with Gasteiger partial charge in [-0.3, -0.25) is 14.4 Å². The molecule has 4 aliphatic heterocycles. The van der Waals surface area contributed by atoms with Gasteiger partial charge in [0.1, 0.15) is 0 Å². The molecule has 206 valence electrons. The Morgan fingerprint density at radius 3 is 1.82 bits per heavy atom. The minimum absolute atomic E-state index is 0.0782. The van der Waals surface area contributed by atoms with Crippen LogP contribution in [0.15, 0.2) is 72.8 Å². The standard InChI is InChI=1S/C32H33N3O5/c1-21-19-31(33-27(21)36)23-13-7-9-15-25(23)34(29(31)38)17-11-5-3-4-6-12-18-35-26-16-10-8-14-24(26)32(30(35)39)20-22(2)28(37)40-32/h7-10,13-16H,1-6,11-12,17-20H2,(H,33,36). The molecule has 0 aromatic heterocycles. The monoisotopic (exact) mass is 539 g/mol. The van der Waals surface area contributed by atoms with Crippen LogP contribution in [0.1, 0.15) is 62.5 Å². The summed E-state index contributed by atoms with van der Waals surface area (Å²) in [6.07, 6.45) is 6.19. The second kappa shape index (κ2) is 9.77. The quantitative estimate of drug-likeness (QED) is 0.290. The van der Waals surface area contributed by atoms with Gasteiger partial charge in [0.05, 0.1) is 5.69 Å². The number of para-hydroxylation sites is 2. The second-order valence-corrected chi connectivity index (χ2v) is 11.2. The SMILES string of the molecule is C=C1CC2(NC1=O)C(=O)N(CCCCCCCCN1C(=O)C3(CC(=C)C(=O)O3)c3ccccc31)c1ccccc12. The number of nitrogens with zero attached hydrogens (tertiary/aromatic N) is 2.